The van der Waals surface area contributed by atoms with Crippen molar-refractivity contribution in [2.24, 2.45) is 7.05 Å². The quantitative estimate of drug-likeness (QED) is 0.792. The van der Waals surface area contributed by atoms with Crippen molar-refractivity contribution in [3.05, 3.63) is 28.9 Å². The Balaban J connectivity index is 2.56. The fraction of sp³-hybridized carbons (Fsp3) is 0.222. The highest BCUT2D eigenvalue weighted by molar-refractivity contribution is 8.13. The highest BCUT2D eigenvalue weighted by Crippen LogP contribution is 2.24. The van der Waals surface area contributed by atoms with Crippen LogP contribution in [0.2, 0.25) is 5.15 Å². The van der Waals surface area contributed by atoms with E-state index in [9.17, 15) is 8.42 Å². The van der Waals surface area contributed by atoms with E-state index in [-0.39, 0.29) is 5.75 Å². The molecular weight excluding hydrogens is 271 g/mol. The third kappa shape index (κ3) is 2.31. The lowest BCUT2D eigenvalue weighted by Crippen LogP contribution is -1.95. The molecule has 0 aliphatic heterocycles. The van der Waals surface area contributed by atoms with Crippen LogP contribution in [0.25, 0.3) is 10.9 Å². The Morgan fingerprint density at radius 3 is 2.75 bits per heavy atom. The van der Waals surface area contributed by atoms with Crippen molar-refractivity contribution in [3.8, 4) is 0 Å². The Kier molecular flexibility index (Phi) is 2.86. The van der Waals surface area contributed by atoms with E-state index < -0.39 is 9.05 Å². The van der Waals surface area contributed by atoms with E-state index in [0.29, 0.717) is 10.7 Å². The lowest BCUT2D eigenvalue weighted by Gasteiger charge is -1.99. The maximum atomic E-state index is 10.9. The number of hydrogen-bond acceptors (Lipinski definition) is 3. The molecule has 2 aromatic rings. The van der Waals surface area contributed by atoms with Gasteiger partial charge in [-0.25, -0.2) is 8.42 Å². The normalized spacial score (nSPS) is 12.2. The van der Waals surface area contributed by atoms with E-state index in [1.165, 1.54) is 0 Å². The monoisotopic (exact) mass is 278 g/mol. The van der Waals surface area contributed by atoms with Gasteiger partial charge in [-0.3, -0.25) is 4.68 Å². The molecule has 0 atom stereocenters. The molecule has 0 fully saturated rings. The van der Waals surface area contributed by atoms with Gasteiger partial charge in [0.2, 0.25) is 9.05 Å². The molecule has 7 heteroatoms. The molecule has 1 aromatic heterocycles. The predicted octanol–water partition coefficient (Wildman–Crippen LogP) is 2.30. The van der Waals surface area contributed by atoms with Crippen LogP contribution in [0.3, 0.4) is 0 Å². The van der Waals surface area contributed by atoms with E-state index in [0.717, 1.165) is 10.9 Å². The number of benzene rings is 1. The van der Waals surface area contributed by atoms with Crippen LogP contribution in [-0.2, 0) is 21.9 Å². The van der Waals surface area contributed by atoms with Crippen LogP contribution in [0.1, 0.15) is 5.56 Å². The van der Waals surface area contributed by atoms with Crippen LogP contribution >= 0.6 is 22.3 Å². The summed E-state index contributed by atoms with van der Waals surface area (Å²) in [4.78, 5) is 0. The van der Waals surface area contributed by atoms with Crippen LogP contribution in [0, 0.1) is 0 Å². The first-order valence-corrected chi connectivity index (χ1v) is 7.26. The van der Waals surface area contributed by atoms with Gasteiger partial charge in [-0.1, -0.05) is 17.7 Å². The third-order valence-electron chi connectivity index (χ3n) is 2.21. The van der Waals surface area contributed by atoms with Crippen molar-refractivity contribution in [1.29, 1.82) is 0 Å². The second-order valence-electron chi connectivity index (χ2n) is 3.45. The Labute approximate surface area is 102 Å². The average molecular weight is 279 g/mol. The molecule has 4 nitrogen and oxygen atoms in total. The molecule has 0 bridgehead atoms. The number of aryl methyl sites for hydroxylation is 1. The van der Waals surface area contributed by atoms with E-state index >= 15 is 0 Å². The van der Waals surface area contributed by atoms with Gasteiger partial charge in [0.05, 0.1) is 11.3 Å². The lowest BCUT2D eigenvalue weighted by molar-refractivity contribution is 0.609. The zero-order valence-corrected chi connectivity index (χ0v) is 10.6. The van der Waals surface area contributed by atoms with Crippen molar-refractivity contribution in [2.45, 2.75) is 5.75 Å². The van der Waals surface area contributed by atoms with Crippen LogP contribution in [0.4, 0.5) is 0 Å². The number of nitrogens with zero attached hydrogens (tertiary/aromatic N) is 2. The highest BCUT2D eigenvalue weighted by atomic mass is 35.7. The Morgan fingerprint density at radius 2 is 2.12 bits per heavy atom. The van der Waals surface area contributed by atoms with Crippen LogP contribution in [0.5, 0.6) is 0 Å². The first kappa shape index (κ1) is 11.7. The number of fused-ring (bicyclic) bond motifs is 1. The van der Waals surface area contributed by atoms with Crippen molar-refractivity contribution in [3.63, 3.8) is 0 Å². The summed E-state index contributed by atoms with van der Waals surface area (Å²) in [6.45, 7) is 0. The standard InChI is InChI=1S/C9H8Cl2N2O2S/c1-13-8-3-2-6(5-16(11,14)15)4-7(8)9(10)12-13/h2-4H,5H2,1H3. The van der Waals surface area contributed by atoms with E-state index in [2.05, 4.69) is 5.10 Å². The minimum atomic E-state index is -3.55. The van der Waals surface area contributed by atoms with Gasteiger partial charge < -0.3 is 0 Å². The van der Waals surface area contributed by atoms with Gasteiger partial charge in [-0.15, -0.1) is 0 Å². The van der Waals surface area contributed by atoms with Gasteiger partial charge in [0.15, 0.2) is 5.15 Å². The minimum absolute atomic E-state index is 0.213. The van der Waals surface area contributed by atoms with E-state index in [1.54, 1.807) is 29.9 Å². The maximum absolute atomic E-state index is 10.9. The molecule has 0 radical (unpaired) electrons. The number of aromatic nitrogens is 2. The first-order chi connectivity index (χ1) is 7.37. The summed E-state index contributed by atoms with van der Waals surface area (Å²) >= 11 is 5.91. The van der Waals surface area contributed by atoms with Crippen molar-refractivity contribution >= 4 is 42.2 Å². The largest absolute Gasteiger partial charge is 0.266 e. The molecule has 0 aliphatic rings. The number of halogens is 2. The maximum Gasteiger partial charge on any atom is 0.236 e. The van der Waals surface area contributed by atoms with E-state index in [4.69, 9.17) is 22.3 Å². The Bertz CT molecular complexity index is 649. The number of hydrogen-bond donors (Lipinski definition) is 0. The molecule has 0 saturated carbocycles. The second-order valence-corrected chi connectivity index (χ2v) is 6.58. The molecule has 0 unspecified atom stereocenters. The van der Waals surface area contributed by atoms with Gasteiger partial charge in [-0.2, -0.15) is 5.10 Å². The topological polar surface area (TPSA) is 52.0 Å². The molecule has 2 rings (SSSR count). The molecule has 1 aromatic carbocycles. The summed E-state index contributed by atoms with van der Waals surface area (Å²) in [5.74, 6) is -0.213. The van der Waals surface area contributed by atoms with Gasteiger partial charge in [0.1, 0.15) is 0 Å². The van der Waals surface area contributed by atoms with Crippen LogP contribution in [0.15, 0.2) is 18.2 Å². The third-order valence-corrected chi connectivity index (χ3v) is 3.49. The molecule has 1 heterocycles. The molecule has 16 heavy (non-hydrogen) atoms. The molecule has 0 N–H and O–H groups in total. The molecular formula is C9H8Cl2N2O2S. The van der Waals surface area contributed by atoms with Crippen molar-refractivity contribution in [1.82, 2.24) is 9.78 Å². The fourth-order valence-electron chi connectivity index (χ4n) is 1.56. The van der Waals surface area contributed by atoms with Gasteiger partial charge in [0.25, 0.3) is 0 Å². The zero-order valence-electron chi connectivity index (χ0n) is 8.31. The van der Waals surface area contributed by atoms with Gasteiger partial charge in [0, 0.05) is 23.1 Å². The molecule has 0 saturated heterocycles. The first-order valence-electron chi connectivity index (χ1n) is 4.40. The summed E-state index contributed by atoms with van der Waals surface area (Å²) in [6, 6.07) is 5.15. The smallest absolute Gasteiger partial charge is 0.236 e. The highest BCUT2D eigenvalue weighted by Gasteiger charge is 2.11. The van der Waals surface area contributed by atoms with Gasteiger partial charge in [-0.05, 0) is 17.7 Å². The summed E-state index contributed by atoms with van der Waals surface area (Å²) in [5, 5.41) is 5.10. The summed E-state index contributed by atoms with van der Waals surface area (Å²) in [6.07, 6.45) is 0. The zero-order chi connectivity index (χ0) is 11.9. The number of rotatable bonds is 2. The molecule has 0 spiro atoms. The summed E-state index contributed by atoms with van der Waals surface area (Å²) < 4.78 is 23.5. The predicted molar refractivity (Wildman–Crippen MR) is 64.2 cm³/mol. The van der Waals surface area contributed by atoms with Crippen molar-refractivity contribution in [2.75, 3.05) is 0 Å². The van der Waals surface area contributed by atoms with Crippen molar-refractivity contribution < 1.29 is 8.42 Å². The Morgan fingerprint density at radius 1 is 1.44 bits per heavy atom. The average Bonchev–Trinajstić information content (AvgIpc) is 2.40. The van der Waals surface area contributed by atoms with E-state index in [1.807, 2.05) is 0 Å². The Hall–Kier alpha value is -0.780. The SMILES string of the molecule is Cn1nc(Cl)c2cc(CS(=O)(=O)Cl)ccc21. The van der Waals surface area contributed by atoms with Crippen LogP contribution in [-0.4, -0.2) is 18.2 Å². The molecule has 0 aliphatic carbocycles. The fourth-order valence-corrected chi connectivity index (χ4v) is 2.78. The molecule has 86 valence electrons. The minimum Gasteiger partial charge on any atom is -0.266 e. The van der Waals surface area contributed by atoms with Gasteiger partial charge >= 0.3 is 0 Å². The summed E-state index contributed by atoms with van der Waals surface area (Å²) in [5.41, 5.74) is 1.44. The summed E-state index contributed by atoms with van der Waals surface area (Å²) in [7, 11) is 3.40. The molecule has 0 amide bonds. The second kappa shape index (κ2) is 3.91. The van der Waals surface area contributed by atoms with Crippen LogP contribution < -0.4 is 0 Å². The lowest BCUT2D eigenvalue weighted by atomic mass is 10.2.